The number of rotatable bonds is 5. The minimum atomic E-state index is -1.02. The van der Waals surface area contributed by atoms with Gasteiger partial charge in [0, 0.05) is 13.2 Å². The van der Waals surface area contributed by atoms with Gasteiger partial charge in [0.2, 0.25) is 0 Å². The van der Waals surface area contributed by atoms with Crippen molar-refractivity contribution in [3.63, 3.8) is 0 Å². The Morgan fingerprint density at radius 3 is 3.11 bits per heavy atom. The number of aromatic amines is 1. The van der Waals surface area contributed by atoms with Gasteiger partial charge in [0.25, 0.3) is 5.91 Å². The molecule has 1 amide bonds. The SMILES string of the molecule is O=C(NC[C@@H]1CCCO1)c1ncc(-c2nncn2-c2cccc(F)c2F)[nH]1. The molecule has 1 atom stereocenters. The third-order valence-corrected chi connectivity index (χ3v) is 4.28. The summed E-state index contributed by atoms with van der Waals surface area (Å²) in [7, 11) is 0. The first-order chi connectivity index (χ1) is 13.1. The zero-order chi connectivity index (χ0) is 18.8. The number of nitrogens with one attached hydrogen (secondary N) is 2. The number of hydrogen-bond donors (Lipinski definition) is 2. The molecular formula is C17H16F2N6O2. The lowest BCUT2D eigenvalue weighted by Gasteiger charge is -2.09. The lowest BCUT2D eigenvalue weighted by molar-refractivity contribution is 0.0850. The van der Waals surface area contributed by atoms with E-state index in [1.54, 1.807) is 0 Å². The molecule has 8 nitrogen and oxygen atoms in total. The lowest BCUT2D eigenvalue weighted by Crippen LogP contribution is -2.32. The van der Waals surface area contributed by atoms with Crippen LogP contribution in [0.15, 0.2) is 30.7 Å². The molecule has 1 fully saturated rings. The highest BCUT2D eigenvalue weighted by Gasteiger charge is 2.20. The third kappa shape index (κ3) is 3.43. The summed E-state index contributed by atoms with van der Waals surface area (Å²) in [5, 5.41) is 10.4. The fourth-order valence-corrected chi connectivity index (χ4v) is 2.92. The van der Waals surface area contributed by atoms with Crippen LogP contribution in [-0.2, 0) is 4.74 Å². The zero-order valence-electron chi connectivity index (χ0n) is 14.2. The Bertz CT molecular complexity index is 964. The molecule has 2 N–H and O–H groups in total. The molecule has 27 heavy (non-hydrogen) atoms. The smallest absolute Gasteiger partial charge is 0.287 e. The number of benzene rings is 1. The summed E-state index contributed by atoms with van der Waals surface area (Å²) in [4.78, 5) is 19.1. The Balaban J connectivity index is 1.55. The largest absolute Gasteiger partial charge is 0.376 e. The van der Waals surface area contributed by atoms with E-state index in [0.717, 1.165) is 18.9 Å². The number of halogens is 2. The fraction of sp³-hybridized carbons (Fsp3) is 0.294. The second-order valence-electron chi connectivity index (χ2n) is 6.09. The molecule has 1 aromatic carbocycles. The van der Waals surface area contributed by atoms with Crippen molar-refractivity contribution in [3.8, 4) is 17.2 Å². The summed E-state index contributed by atoms with van der Waals surface area (Å²) in [5.74, 6) is -2.11. The summed E-state index contributed by atoms with van der Waals surface area (Å²) >= 11 is 0. The van der Waals surface area contributed by atoms with Crippen LogP contribution in [0.3, 0.4) is 0 Å². The van der Waals surface area contributed by atoms with Gasteiger partial charge in [-0.1, -0.05) is 6.07 Å². The second-order valence-corrected chi connectivity index (χ2v) is 6.09. The molecule has 2 aromatic heterocycles. The minimum Gasteiger partial charge on any atom is -0.376 e. The molecule has 3 aromatic rings. The molecule has 0 aliphatic carbocycles. The molecule has 1 saturated heterocycles. The van der Waals surface area contributed by atoms with Crippen LogP contribution >= 0.6 is 0 Å². The Hall–Kier alpha value is -3.14. The Labute approximate surface area is 152 Å². The van der Waals surface area contributed by atoms with Crippen LogP contribution < -0.4 is 5.32 Å². The van der Waals surface area contributed by atoms with E-state index < -0.39 is 11.6 Å². The van der Waals surface area contributed by atoms with Crippen molar-refractivity contribution in [2.75, 3.05) is 13.2 Å². The van der Waals surface area contributed by atoms with Crippen LogP contribution in [0.25, 0.3) is 17.2 Å². The van der Waals surface area contributed by atoms with E-state index in [1.165, 1.54) is 29.2 Å². The fourth-order valence-electron chi connectivity index (χ4n) is 2.92. The van der Waals surface area contributed by atoms with Gasteiger partial charge in [0.05, 0.1) is 18.0 Å². The topological polar surface area (TPSA) is 97.7 Å². The Morgan fingerprint density at radius 2 is 2.30 bits per heavy atom. The van der Waals surface area contributed by atoms with Gasteiger partial charge in [-0.05, 0) is 25.0 Å². The number of amides is 1. The number of carbonyl (C=O) groups excluding carboxylic acids is 1. The maximum Gasteiger partial charge on any atom is 0.287 e. The summed E-state index contributed by atoms with van der Waals surface area (Å²) in [6.07, 6.45) is 4.55. The van der Waals surface area contributed by atoms with Crippen LogP contribution in [-0.4, -0.2) is 49.9 Å². The van der Waals surface area contributed by atoms with Crippen LogP contribution in [0.2, 0.25) is 0 Å². The first kappa shape index (κ1) is 17.3. The monoisotopic (exact) mass is 374 g/mol. The highest BCUT2D eigenvalue weighted by atomic mass is 19.2. The standard InChI is InChI=1S/C17H16F2N6O2/c18-11-4-1-5-13(14(11)19)25-9-22-24-16(25)12-8-20-15(23-12)17(26)21-7-10-3-2-6-27-10/h1,4-5,8-10H,2-3,6-7H2,(H,20,23)(H,21,26)/t10-/m0/s1. The second kappa shape index (κ2) is 7.23. The van der Waals surface area contributed by atoms with Gasteiger partial charge in [0.15, 0.2) is 23.3 Å². The average Bonchev–Trinajstić information content (AvgIpc) is 3.42. The van der Waals surface area contributed by atoms with Crippen molar-refractivity contribution in [2.24, 2.45) is 0 Å². The van der Waals surface area contributed by atoms with E-state index in [9.17, 15) is 13.6 Å². The summed E-state index contributed by atoms with van der Waals surface area (Å²) in [5.41, 5.74) is 0.299. The van der Waals surface area contributed by atoms with E-state index in [4.69, 9.17) is 4.74 Å². The van der Waals surface area contributed by atoms with Crippen LogP contribution in [0, 0.1) is 11.6 Å². The van der Waals surface area contributed by atoms with Gasteiger partial charge < -0.3 is 15.0 Å². The Morgan fingerprint density at radius 1 is 1.41 bits per heavy atom. The molecule has 1 aliphatic rings. The van der Waals surface area contributed by atoms with Crippen molar-refractivity contribution in [1.29, 1.82) is 0 Å². The van der Waals surface area contributed by atoms with E-state index in [-0.39, 0.29) is 29.3 Å². The van der Waals surface area contributed by atoms with E-state index >= 15 is 0 Å². The molecule has 0 saturated carbocycles. The zero-order valence-corrected chi connectivity index (χ0v) is 14.2. The molecule has 0 radical (unpaired) electrons. The van der Waals surface area contributed by atoms with E-state index in [2.05, 4.69) is 25.5 Å². The molecule has 0 bridgehead atoms. The predicted octanol–water partition coefficient (Wildman–Crippen LogP) is 1.84. The van der Waals surface area contributed by atoms with Gasteiger partial charge in [-0.3, -0.25) is 9.36 Å². The average molecular weight is 374 g/mol. The number of aromatic nitrogens is 5. The maximum atomic E-state index is 14.1. The summed E-state index contributed by atoms with van der Waals surface area (Å²) in [6, 6.07) is 3.81. The molecule has 10 heteroatoms. The molecule has 4 rings (SSSR count). The first-order valence-corrected chi connectivity index (χ1v) is 8.43. The predicted molar refractivity (Wildman–Crippen MR) is 90.2 cm³/mol. The van der Waals surface area contributed by atoms with Gasteiger partial charge in [-0.2, -0.15) is 0 Å². The van der Waals surface area contributed by atoms with Crippen molar-refractivity contribution in [1.82, 2.24) is 30.0 Å². The first-order valence-electron chi connectivity index (χ1n) is 8.43. The van der Waals surface area contributed by atoms with E-state index in [0.29, 0.717) is 18.8 Å². The maximum absolute atomic E-state index is 14.1. The molecule has 1 aliphatic heterocycles. The highest BCUT2D eigenvalue weighted by molar-refractivity contribution is 5.91. The van der Waals surface area contributed by atoms with Crippen LogP contribution in [0.5, 0.6) is 0 Å². The Kier molecular flexibility index (Phi) is 4.63. The lowest BCUT2D eigenvalue weighted by atomic mass is 10.2. The third-order valence-electron chi connectivity index (χ3n) is 4.28. The van der Waals surface area contributed by atoms with Crippen molar-refractivity contribution in [2.45, 2.75) is 18.9 Å². The minimum absolute atomic E-state index is 0.0161. The quantitative estimate of drug-likeness (QED) is 0.710. The van der Waals surface area contributed by atoms with Crippen molar-refractivity contribution < 1.29 is 18.3 Å². The number of hydrogen-bond acceptors (Lipinski definition) is 5. The molecular weight excluding hydrogens is 358 g/mol. The van der Waals surface area contributed by atoms with Crippen LogP contribution in [0.1, 0.15) is 23.5 Å². The molecule has 0 unspecified atom stereocenters. The number of ether oxygens (including phenoxy) is 1. The summed E-state index contributed by atoms with van der Waals surface area (Å²) < 4.78 is 34.3. The molecule has 0 spiro atoms. The van der Waals surface area contributed by atoms with E-state index in [1.807, 2.05) is 0 Å². The van der Waals surface area contributed by atoms with Gasteiger partial charge in [-0.25, -0.2) is 13.8 Å². The molecule has 3 heterocycles. The van der Waals surface area contributed by atoms with Gasteiger partial charge >= 0.3 is 0 Å². The number of imidazole rings is 1. The highest BCUT2D eigenvalue weighted by Crippen LogP contribution is 2.22. The van der Waals surface area contributed by atoms with Gasteiger partial charge in [0.1, 0.15) is 12.0 Å². The molecule has 140 valence electrons. The number of nitrogens with zero attached hydrogens (tertiary/aromatic N) is 4. The number of carbonyl (C=O) groups is 1. The number of H-pyrrole nitrogens is 1. The van der Waals surface area contributed by atoms with Gasteiger partial charge in [-0.15, -0.1) is 10.2 Å². The van der Waals surface area contributed by atoms with Crippen molar-refractivity contribution >= 4 is 5.91 Å². The van der Waals surface area contributed by atoms with Crippen LogP contribution in [0.4, 0.5) is 8.78 Å². The normalized spacial score (nSPS) is 16.6. The van der Waals surface area contributed by atoms with Crippen molar-refractivity contribution in [3.05, 3.63) is 48.2 Å². The summed E-state index contributed by atoms with van der Waals surface area (Å²) in [6.45, 7) is 1.11.